The lowest BCUT2D eigenvalue weighted by atomic mass is 10.0. The van der Waals surface area contributed by atoms with E-state index in [4.69, 9.17) is 0 Å². The quantitative estimate of drug-likeness (QED) is 0.825. The Bertz CT molecular complexity index is 845. The number of amides is 2. The molecule has 8 heteroatoms. The van der Waals surface area contributed by atoms with Crippen LogP contribution in [0.5, 0.6) is 0 Å². The molecular weight excluding hydrogens is 366 g/mol. The van der Waals surface area contributed by atoms with Gasteiger partial charge in [0.2, 0.25) is 0 Å². The Morgan fingerprint density at radius 3 is 2.56 bits per heavy atom. The summed E-state index contributed by atoms with van der Waals surface area (Å²) in [5, 5.41) is 3.30. The average molecular weight is 394 g/mol. The van der Waals surface area contributed by atoms with Gasteiger partial charge in [0.25, 0.3) is 21.8 Å². The monoisotopic (exact) mass is 393 g/mol. The van der Waals surface area contributed by atoms with E-state index in [2.05, 4.69) is 5.32 Å². The number of nitrogens with zero attached hydrogens (tertiary/aromatic N) is 2. The predicted octanol–water partition coefficient (Wildman–Crippen LogP) is 1.84. The number of fused-ring (bicyclic) bond motifs is 1. The van der Waals surface area contributed by atoms with Crippen LogP contribution >= 0.6 is 0 Å². The van der Waals surface area contributed by atoms with E-state index in [1.807, 2.05) is 11.8 Å². The topological polar surface area (TPSA) is 86.8 Å². The Hall–Kier alpha value is -1.93. The van der Waals surface area contributed by atoms with Crippen molar-refractivity contribution in [3.8, 4) is 0 Å². The number of carbonyl (C=O) groups excluding carboxylic acids is 2. The van der Waals surface area contributed by atoms with Crippen LogP contribution in [-0.4, -0.2) is 61.2 Å². The molecule has 0 bridgehead atoms. The second-order valence-corrected chi connectivity index (χ2v) is 9.17. The molecule has 2 heterocycles. The molecule has 0 spiro atoms. The van der Waals surface area contributed by atoms with E-state index in [9.17, 15) is 18.0 Å². The third-order valence-electron chi connectivity index (χ3n) is 5.14. The Labute approximate surface area is 160 Å². The highest BCUT2D eigenvalue weighted by atomic mass is 32.2. The molecule has 0 unspecified atom stereocenters. The van der Waals surface area contributed by atoms with Crippen molar-refractivity contribution < 1.29 is 18.0 Å². The maximum Gasteiger partial charge on any atom is 0.269 e. The Kier molecular flexibility index (Phi) is 5.58. The van der Waals surface area contributed by atoms with Crippen molar-refractivity contribution in [1.82, 2.24) is 14.5 Å². The Morgan fingerprint density at radius 1 is 1.30 bits per heavy atom. The zero-order chi connectivity index (χ0) is 19.8. The molecule has 27 heavy (non-hydrogen) atoms. The van der Waals surface area contributed by atoms with Gasteiger partial charge in [0.15, 0.2) is 0 Å². The van der Waals surface area contributed by atoms with Crippen molar-refractivity contribution >= 4 is 21.8 Å². The molecular formula is C19H27N3O4S. The first-order valence-electron chi connectivity index (χ1n) is 9.53. The summed E-state index contributed by atoms with van der Waals surface area (Å²) in [5.74, 6) is -0.694. The molecule has 1 fully saturated rings. The zero-order valence-corrected chi connectivity index (χ0v) is 16.9. The summed E-state index contributed by atoms with van der Waals surface area (Å²) in [4.78, 5) is 27.4. The first-order valence-corrected chi connectivity index (χ1v) is 11.0. The molecule has 2 aliphatic heterocycles. The third-order valence-corrected chi connectivity index (χ3v) is 7.14. The maximum absolute atomic E-state index is 13.2. The smallest absolute Gasteiger partial charge is 0.269 e. The molecule has 7 nitrogen and oxygen atoms in total. The molecule has 1 aromatic rings. The second kappa shape index (κ2) is 7.59. The SMILES string of the molecule is CCCN(C(=O)c1ccc2c(c1)S(=O)(=O)N(C(C)C)C2=O)C1CCNCC1. The van der Waals surface area contributed by atoms with Crippen molar-refractivity contribution in [3.05, 3.63) is 29.3 Å². The van der Waals surface area contributed by atoms with Crippen LogP contribution in [0.2, 0.25) is 0 Å². The normalized spacial score (nSPS) is 19.4. The molecule has 1 N–H and O–H groups in total. The number of carbonyl (C=O) groups is 2. The molecule has 2 aliphatic rings. The minimum absolute atomic E-state index is 0.0613. The molecule has 1 aromatic carbocycles. The molecule has 0 aliphatic carbocycles. The van der Waals surface area contributed by atoms with Crippen LogP contribution in [0.15, 0.2) is 23.1 Å². The summed E-state index contributed by atoms with van der Waals surface area (Å²) >= 11 is 0. The van der Waals surface area contributed by atoms with E-state index in [0.29, 0.717) is 12.1 Å². The molecule has 2 amide bonds. The van der Waals surface area contributed by atoms with Crippen molar-refractivity contribution in [2.45, 2.75) is 57.0 Å². The van der Waals surface area contributed by atoms with Crippen molar-refractivity contribution in [2.24, 2.45) is 0 Å². The van der Waals surface area contributed by atoms with Gasteiger partial charge in [-0.1, -0.05) is 6.92 Å². The van der Waals surface area contributed by atoms with Crippen LogP contribution in [0.4, 0.5) is 0 Å². The van der Waals surface area contributed by atoms with E-state index in [1.54, 1.807) is 19.9 Å². The van der Waals surface area contributed by atoms with E-state index >= 15 is 0 Å². The van der Waals surface area contributed by atoms with Crippen molar-refractivity contribution in [2.75, 3.05) is 19.6 Å². The Balaban J connectivity index is 1.96. The van der Waals surface area contributed by atoms with Crippen molar-refractivity contribution in [3.63, 3.8) is 0 Å². The molecule has 3 rings (SSSR count). The standard InChI is InChI=1S/C19H27N3O4S/c1-4-11-21(15-7-9-20-10-8-15)18(23)14-5-6-16-17(12-14)27(25,26)22(13(2)3)19(16)24/h5-6,12-13,15,20H,4,7-11H2,1-3H3. The Morgan fingerprint density at radius 2 is 1.96 bits per heavy atom. The van der Waals surface area contributed by atoms with Crippen LogP contribution in [0.1, 0.15) is 60.7 Å². The van der Waals surface area contributed by atoms with Crippen LogP contribution in [0.25, 0.3) is 0 Å². The van der Waals surface area contributed by atoms with Crippen LogP contribution in [-0.2, 0) is 10.0 Å². The molecule has 0 aromatic heterocycles. The maximum atomic E-state index is 13.2. The van der Waals surface area contributed by atoms with Gasteiger partial charge < -0.3 is 10.2 Å². The highest BCUT2D eigenvalue weighted by Crippen LogP contribution is 2.33. The summed E-state index contributed by atoms with van der Waals surface area (Å²) in [6.45, 7) is 7.71. The minimum atomic E-state index is -3.91. The summed E-state index contributed by atoms with van der Waals surface area (Å²) in [5.41, 5.74) is 0.465. The first-order chi connectivity index (χ1) is 12.8. The lowest BCUT2D eigenvalue weighted by molar-refractivity contribution is 0.0641. The van der Waals surface area contributed by atoms with Gasteiger partial charge in [-0.15, -0.1) is 0 Å². The van der Waals surface area contributed by atoms with Gasteiger partial charge in [-0.05, 0) is 64.4 Å². The number of hydrogen-bond donors (Lipinski definition) is 1. The van der Waals surface area contributed by atoms with Crippen LogP contribution in [0.3, 0.4) is 0 Å². The molecule has 1 saturated heterocycles. The molecule has 0 atom stereocenters. The summed E-state index contributed by atoms with van der Waals surface area (Å²) in [6.07, 6.45) is 2.60. The fourth-order valence-corrected chi connectivity index (χ4v) is 5.66. The largest absolute Gasteiger partial charge is 0.336 e. The van der Waals surface area contributed by atoms with E-state index in [1.165, 1.54) is 12.1 Å². The second-order valence-electron chi connectivity index (χ2n) is 7.39. The third kappa shape index (κ3) is 3.48. The highest BCUT2D eigenvalue weighted by Gasteiger charge is 2.43. The van der Waals surface area contributed by atoms with Gasteiger partial charge in [-0.3, -0.25) is 9.59 Å². The summed E-state index contributed by atoms with van der Waals surface area (Å²) in [6, 6.07) is 4.09. The van der Waals surface area contributed by atoms with Gasteiger partial charge >= 0.3 is 0 Å². The van der Waals surface area contributed by atoms with Gasteiger partial charge in [-0.25, -0.2) is 12.7 Å². The zero-order valence-electron chi connectivity index (χ0n) is 16.1. The molecule has 148 valence electrons. The number of rotatable bonds is 5. The van der Waals surface area contributed by atoms with Gasteiger partial charge in [0, 0.05) is 24.2 Å². The number of nitrogens with one attached hydrogen (secondary N) is 1. The molecule has 0 saturated carbocycles. The van der Waals surface area contributed by atoms with Crippen LogP contribution < -0.4 is 5.32 Å². The lowest BCUT2D eigenvalue weighted by Gasteiger charge is -2.34. The van der Waals surface area contributed by atoms with Crippen LogP contribution in [0, 0.1) is 0 Å². The average Bonchev–Trinajstić information content (AvgIpc) is 2.85. The predicted molar refractivity (Wildman–Crippen MR) is 102 cm³/mol. The highest BCUT2D eigenvalue weighted by molar-refractivity contribution is 7.90. The first kappa shape index (κ1) is 19.8. The fourth-order valence-electron chi connectivity index (χ4n) is 3.87. The number of benzene rings is 1. The fraction of sp³-hybridized carbons (Fsp3) is 0.579. The van der Waals surface area contributed by atoms with E-state index < -0.39 is 22.0 Å². The number of hydrogen-bond acceptors (Lipinski definition) is 5. The van der Waals surface area contributed by atoms with E-state index in [-0.39, 0.29) is 22.4 Å². The molecule has 0 radical (unpaired) electrons. The van der Waals surface area contributed by atoms with Gasteiger partial charge in [0.1, 0.15) is 4.90 Å². The minimum Gasteiger partial charge on any atom is -0.336 e. The summed E-state index contributed by atoms with van der Waals surface area (Å²) < 4.78 is 26.5. The van der Waals surface area contributed by atoms with E-state index in [0.717, 1.165) is 36.7 Å². The van der Waals surface area contributed by atoms with Gasteiger partial charge in [-0.2, -0.15) is 0 Å². The number of piperidine rings is 1. The summed E-state index contributed by atoms with van der Waals surface area (Å²) in [7, 11) is -3.91. The van der Waals surface area contributed by atoms with Crippen molar-refractivity contribution in [1.29, 1.82) is 0 Å². The number of sulfonamides is 1. The lowest BCUT2D eigenvalue weighted by Crippen LogP contribution is -2.46. The van der Waals surface area contributed by atoms with Gasteiger partial charge in [0.05, 0.1) is 5.56 Å².